The van der Waals surface area contributed by atoms with E-state index in [0.717, 1.165) is 43.1 Å². The molecule has 0 spiro atoms. The van der Waals surface area contributed by atoms with Crippen molar-refractivity contribution in [3.63, 3.8) is 0 Å². The van der Waals surface area contributed by atoms with Gasteiger partial charge in [0.2, 0.25) is 11.8 Å². The number of imidazole rings is 1. The molecule has 3 atom stereocenters. The molecule has 3 heterocycles. The van der Waals surface area contributed by atoms with Gasteiger partial charge in [-0.25, -0.2) is 24.3 Å². The number of nitrogens with zero attached hydrogens (tertiary/aromatic N) is 6. The number of aryl methyl sites for hydroxylation is 1. The Morgan fingerprint density at radius 1 is 0.977 bits per heavy atom. The number of hydrogen-bond donors (Lipinski definition) is 0. The first-order valence-corrected chi connectivity index (χ1v) is 14.9. The lowest BCUT2D eigenvalue weighted by atomic mass is 9.77. The molecule has 2 aliphatic rings. The first-order chi connectivity index (χ1) is 21.2. The number of aromatic nitrogens is 6. The second-order valence-electron chi connectivity index (χ2n) is 11.6. The zero-order chi connectivity index (χ0) is 31.0. The summed E-state index contributed by atoms with van der Waals surface area (Å²) in [6.07, 6.45) is 3.55. The highest BCUT2D eigenvalue weighted by molar-refractivity contribution is 5.66. The molecular weight excluding hydrogens is 576 g/mol. The number of rotatable bonds is 9. The summed E-state index contributed by atoms with van der Waals surface area (Å²) in [4.78, 5) is 22.0. The number of ether oxygens (including phenoxy) is 2. The average Bonchev–Trinajstić information content (AvgIpc) is 3.79. The van der Waals surface area contributed by atoms with Crippen LogP contribution in [0.5, 0.6) is 11.8 Å². The normalized spacial score (nSPS) is 20.5. The Labute approximate surface area is 252 Å². The van der Waals surface area contributed by atoms with Crippen LogP contribution in [0.25, 0.3) is 22.8 Å². The van der Waals surface area contributed by atoms with Crippen LogP contribution >= 0.6 is 0 Å². The fourth-order valence-electron chi connectivity index (χ4n) is 5.97. The maximum atomic E-state index is 15.5. The third-order valence-corrected chi connectivity index (χ3v) is 8.62. The predicted octanol–water partition coefficient (Wildman–Crippen LogP) is 7.45. The highest BCUT2D eigenvalue weighted by Gasteiger charge is 2.36. The van der Waals surface area contributed by atoms with Gasteiger partial charge in [-0.15, -0.1) is 0 Å². The molecule has 2 aliphatic carbocycles. The molecule has 3 aromatic heterocycles. The lowest BCUT2D eigenvalue weighted by molar-refractivity contribution is -0.140. The van der Waals surface area contributed by atoms with Crippen LogP contribution in [0.3, 0.4) is 0 Å². The third kappa shape index (κ3) is 6.11. The van der Waals surface area contributed by atoms with E-state index in [0.29, 0.717) is 47.2 Å². The molecule has 12 heteroatoms. The van der Waals surface area contributed by atoms with Crippen molar-refractivity contribution in [1.29, 1.82) is 0 Å². The summed E-state index contributed by atoms with van der Waals surface area (Å²) < 4.78 is 68.2. The third-order valence-electron chi connectivity index (χ3n) is 8.62. The summed E-state index contributed by atoms with van der Waals surface area (Å²) in [6.45, 7) is 2.20. The number of halogens is 4. The molecule has 0 saturated heterocycles. The van der Waals surface area contributed by atoms with Gasteiger partial charge in [-0.3, -0.25) is 0 Å². The monoisotopic (exact) mass is 610 g/mol. The molecule has 0 bridgehead atoms. The minimum absolute atomic E-state index is 0.108. The topological polar surface area (TPSA) is 87.8 Å². The van der Waals surface area contributed by atoms with Crippen molar-refractivity contribution in [3.05, 3.63) is 65.5 Å². The van der Waals surface area contributed by atoms with Gasteiger partial charge in [-0.2, -0.15) is 18.2 Å². The number of methoxy groups -OCH3 is 1. The Balaban J connectivity index is 1.30. The van der Waals surface area contributed by atoms with Gasteiger partial charge in [0.25, 0.3) is 0 Å². The molecule has 44 heavy (non-hydrogen) atoms. The second kappa shape index (κ2) is 12.1. The van der Waals surface area contributed by atoms with Crippen molar-refractivity contribution < 1.29 is 27.0 Å². The first kappa shape index (κ1) is 30.0. The minimum atomic E-state index is -4.53. The Kier molecular flexibility index (Phi) is 8.26. The molecule has 232 valence electrons. The number of alkyl halides is 4. The Morgan fingerprint density at radius 2 is 1.75 bits per heavy atom. The second-order valence-corrected chi connectivity index (χ2v) is 11.6. The summed E-state index contributed by atoms with van der Waals surface area (Å²) in [5.74, 6) is 1.44. The van der Waals surface area contributed by atoms with Crippen LogP contribution in [-0.2, 0) is 19.8 Å². The molecule has 1 aromatic carbocycles. The van der Waals surface area contributed by atoms with E-state index >= 15 is 4.39 Å². The van der Waals surface area contributed by atoms with Crippen molar-refractivity contribution >= 4 is 0 Å². The van der Waals surface area contributed by atoms with E-state index in [1.54, 1.807) is 30.5 Å². The maximum absolute atomic E-state index is 15.5. The highest BCUT2D eigenvalue weighted by atomic mass is 19.4. The van der Waals surface area contributed by atoms with E-state index in [1.807, 2.05) is 0 Å². The molecule has 2 saturated carbocycles. The van der Waals surface area contributed by atoms with E-state index in [1.165, 1.54) is 25.1 Å². The van der Waals surface area contributed by atoms with Gasteiger partial charge in [0.05, 0.1) is 12.8 Å². The van der Waals surface area contributed by atoms with Gasteiger partial charge >= 0.3 is 6.18 Å². The zero-order valence-electron chi connectivity index (χ0n) is 24.8. The summed E-state index contributed by atoms with van der Waals surface area (Å²) >= 11 is 0. The van der Waals surface area contributed by atoms with Gasteiger partial charge in [0, 0.05) is 42.4 Å². The van der Waals surface area contributed by atoms with E-state index in [2.05, 4.69) is 26.9 Å². The average molecular weight is 611 g/mol. The molecule has 8 nitrogen and oxygen atoms in total. The van der Waals surface area contributed by atoms with Crippen LogP contribution in [-0.4, -0.2) is 42.8 Å². The molecule has 2 fully saturated rings. The van der Waals surface area contributed by atoms with Crippen molar-refractivity contribution in [2.75, 3.05) is 7.11 Å². The minimum Gasteiger partial charge on any atom is -0.480 e. The summed E-state index contributed by atoms with van der Waals surface area (Å²) in [7, 11) is 3.06. The van der Waals surface area contributed by atoms with Crippen LogP contribution in [0.4, 0.5) is 17.6 Å². The van der Waals surface area contributed by atoms with Gasteiger partial charge < -0.3 is 14.0 Å². The van der Waals surface area contributed by atoms with E-state index in [4.69, 9.17) is 14.5 Å². The van der Waals surface area contributed by atoms with Gasteiger partial charge in [0.1, 0.15) is 30.5 Å². The van der Waals surface area contributed by atoms with Crippen molar-refractivity contribution in [1.82, 2.24) is 29.5 Å². The van der Waals surface area contributed by atoms with Gasteiger partial charge in [-0.1, -0.05) is 37.6 Å². The van der Waals surface area contributed by atoms with Crippen LogP contribution in [0.1, 0.15) is 79.8 Å². The maximum Gasteiger partial charge on any atom is 0.434 e. The SMILES string of the molecule is CCC1CCC(c2cnc(-c3c(OC)ncnc3C3CC3)nc2OCc2ccc(-c3nc(C(F)(F)F)cn3C)cc2)C(F)C1. The van der Waals surface area contributed by atoms with Crippen molar-refractivity contribution in [3.8, 4) is 34.5 Å². The summed E-state index contributed by atoms with van der Waals surface area (Å²) in [5, 5.41) is 0. The Bertz CT molecular complexity index is 1620. The van der Waals surface area contributed by atoms with E-state index in [-0.39, 0.29) is 24.2 Å². The van der Waals surface area contributed by atoms with Crippen LogP contribution < -0.4 is 9.47 Å². The van der Waals surface area contributed by atoms with Crippen molar-refractivity contribution in [2.24, 2.45) is 13.0 Å². The molecule has 0 aliphatic heterocycles. The van der Waals surface area contributed by atoms with E-state index < -0.39 is 24.0 Å². The van der Waals surface area contributed by atoms with Gasteiger partial charge in [0.15, 0.2) is 11.5 Å². The molecule has 3 unspecified atom stereocenters. The van der Waals surface area contributed by atoms with E-state index in [9.17, 15) is 13.2 Å². The fraction of sp³-hybridized carbons (Fsp3) is 0.469. The van der Waals surface area contributed by atoms with Gasteiger partial charge in [-0.05, 0) is 43.6 Å². The molecule has 0 radical (unpaired) electrons. The smallest absolute Gasteiger partial charge is 0.434 e. The first-order valence-electron chi connectivity index (χ1n) is 14.9. The van der Waals surface area contributed by atoms with Crippen LogP contribution in [0.15, 0.2) is 43.0 Å². The zero-order valence-corrected chi connectivity index (χ0v) is 24.8. The highest BCUT2D eigenvalue weighted by Crippen LogP contribution is 2.46. The summed E-state index contributed by atoms with van der Waals surface area (Å²) in [6, 6.07) is 6.93. The predicted molar refractivity (Wildman–Crippen MR) is 155 cm³/mol. The molecule has 6 rings (SSSR count). The number of benzene rings is 1. The molecule has 0 amide bonds. The Morgan fingerprint density at radius 3 is 2.39 bits per heavy atom. The standard InChI is InChI=1S/C32H34F4N6O2/c1-4-18-7-12-22(24(33)13-18)23-14-37-28(26-27(20-10-11-20)38-17-39-31(26)43-3)41-30(23)44-16-19-5-8-21(9-6-19)29-40-25(15-42(29)2)32(34,35)36/h5-6,8-9,14-15,17-18,20,22,24H,4,7,10-13,16H2,1-3H3. The van der Waals surface area contributed by atoms with Crippen LogP contribution in [0, 0.1) is 5.92 Å². The molecule has 0 N–H and O–H groups in total. The van der Waals surface area contributed by atoms with Crippen molar-refractivity contribution in [2.45, 2.75) is 76.2 Å². The fourth-order valence-corrected chi connectivity index (χ4v) is 5.97. The summed E-state index contributed by atoms with van der Waals surface area (Å²) in [5.41, 5.74) is 2.39. The lowest BCUT2D eigenvalue weighted by Gasteiger charge is -2.32. The quantitative estimate of drug-likeness (QED) is 0.182. The largest absolute Gasteiger partial charge is 0.480 e. The Hall–Kier alpha value is -4.09. The van der Waals surface area contributed by atoms with Crippen LogP contribution in [0.2, 0.25) is 0 Å². The molecule has 4 aromatic rings. The lowest BCUT2D eigenvalue weighted by Crippen LogP contribution is -2.25. The molecular formula is C32H34F4N6O2. The number of hydrogen-bond acceptors (Lipinski definition) is 7.